The standard InChI is InChI=1S/C22H30N2O4/c1-27-21-15-24(14-18-10-4-6-12-23-18)13-7-5-9-17-8-2-3-11-20(17)28-16-19(25)22(21)26/h2-4,6,8,10-12,19,21-22,25-26H,5,7,9,13-16H2,1H3/t19-,21+,22-/m1/s1. The molecule has 3 rings (SSSR count). The lowest BCUT2D eigenvalue weighted by Crippen LogP contribution is -2.47. The third-order valence-corrected chi connectivity index (χ3v) is 5.18. The van der Waals surface area contributed by atoms with E-state index in [-0.39, 0.29) is 6.61 Å². The van der Waals surface area contributed by atoms with Crippen molar-refractivity contribution in [3.63, 3.8) is 0 Å². The van der Waals surface area contributed by atoms with Gasteiger partial charge in [0.25, 0.3) is 0 Å². The SMILES string of the molecule is CO[C@H]1CN(Cc2ccccn2)CCCCc2ccccc2OC[C@@H](O)[C@H]1O. The summed E-state index contributed by atoms with van der Waals surface area (Å²) < 4.78 is 11.3. The van der Waals surface area contributed by atoms with E-state index in [9.17, 15) is 10.2 Å². The van der Waals surface area contributed by atoms with Crippen LogP contribution in [0.25, 0.3) is 0 Å². The molecule has 2 heterocycles. The lowest BCUT2D eigenvalue weighted by atomic mass is 10.1. The Hall–Kier alpha value is -1.99. The van der Waals surface area contributed by atoms with Gasteiger partial charge in [0, 0.05) is 26.4 Å². The summed E-state index contributed by atoms with van der Waals surface area (Å²) in [6.45, 7) is 2.08. The summed E-state index contributed by atoms with van der Waals surface area (Å²) in [5, 5.41) is 21.1. The molecule has 6 nitrogen and oxygen atoms in total. The molecule has 0 fully saturated rings. The highest BCUT2D eigenvalue weighted by molar-refractivity contribution is 5.33. The Morgan fingerprint density at radius 2 is 1.96 bits per heavy atom. The van der Waals surface area contributed by atoms with E-state index in [1.54, 1.807) is 13.3 Å². The average molecular weight is 386 g/mol. The molecule has 0 saturated heterocycles. The molecule has 6 heteroatoms. The Balaban J connectivity index is 1.76. The number of nitrogens with zero attached hydrogens (tertiary/aromatic N) is 2. The first kappa shape index (κ1) is 20.7. The summed E-state index contributed by atoms with van der Waals surface area (Å²) in [4.78, 5) is 6.65. The molecule has 0 unspecified atom stereocenters. The van der Waals surface area contributed by atoms with Gasteiger partial charge in [-0.1, -0.05) is 24.3 Å². The van der Waals surface area contributed by atoms with Crippen molar-refractivity contribution in [3.8, 4) is 5.75 Å². The van der Waals surface area contributed by atoms with Crippen LogP contribution >= 0.6 is 0 Å². The minimum absolute atomic E-state index is 0.0261. The van der Waals surface area contributed by atoms with Gasteiger partial charge in [-0.15, -0.1) is 0 Å². The number of hydrogen-bond donors (Lipinski definition) is 2. The van der Waals surface area contributed by atoms with Crippen molar-refractivity contribution in [1.29, 1.82) is 0 Å². The minimum atomic E-state index is -1.04. The van der Waals surface area contributed by atoms with E-state index in [1.807, 2.05) is 36.4 Å². The van der Waals surface area contributed by atoms with Gasteiger partial charge >= 0.3 is 0 Å². The summed E-state index contributed by atoms with van der Waals surface area (Å²) >= 11 is 0. The van der Waals surface area contributed by atoms with Crippen LogP contribution in [0.4, 0.5) is 0 Å². The third-order valence-electron chi connectivity index (χ3n) is 5.18. The van der Waals surface area contributed by atoms with E-state index in [0.29, 0.717) is 13.1 Å². The maximum atomic E-state index is 10.6. The van der Waals surface area contributed by atoms with E-state index in [0.717, 1.165) is 42.8 Å². The summed E-state index contributed by atoms with van der Waals surface area (Å²) in [5.74, 6) is 0.771. The minimum Gasteiger partial charge on any atom is -0.491 e. The van der Waals surface area contributed by atoms with Crippen LogP contribution in [0, 0.1) is 0 Å². The van der Waals surface area contributed by atoms with Crippen molar-refractivity contribution >= 4 is 0 Å². The van der Waals surface area contributed by atoms with Crippen LogP contribution in [0.3, 0.4) is 0 Å². The number of aromatic nitrogens is 1. The number of hydrogen-bond acceptors (Lipinski definition) is 6. The zero-order chi connectivity index (χ0) is 19.8. The number of benzene rings is 1. The van der Waals surface area contributed by atoms with Crippen molar-refractivity contribution in [2.45, 2.75) is 44.1 Å². The molecule has 2 aromatic rings. The number of aliphatic hydroxyl groups is 2. The number of methoxy groups -OCH3 is 1. The fourth-order valence-electron chi connectivity index (χ4n) is 3.56. The number of aryl methyl sites for hydroxylation is 1. The maximum Gasteiger partial charge on any atom is 0.122 e. The van der Waals surface area contributed by atoms with Crippen LogP contribution in [-0.4, -0.2) is 65.2 Å². The second-order valence-corrected chi connectivity index (χ2v) is 7.26. The molecule has 0 amide bonds. The van der Waals surface area contributed by atoms with Crippen LogP contribution in [0.15, 0.2) is 48.7 Å². The molecule has 1 aromatic heterocycles. The molecule has 3 atom stereocenters. The van der Waals surface area contributed by atoms with Gasteiger partial charge in [0.05, 0.1) is 11.8 Å². The van der Waals surface area contributed by atoms with Crippen LogP contribution in [0.2, 0.25) is 0 Å². The van der Waals surface area contributed by atoms with Gasteiger partial charge in [-0.3, -0.25) is 9.88 Å². The monoisotopic (exact) mass is 386 g/mol. The Morgan fingerprint density at radius 3 is 2.75 bits per heavy atom. The van der Waals surface area contributed by atoms with Crippen LogP contribution in [-0.2, 0) is 17.7 Å². The Bertz CT molecular complexity index is 713. The van der Waals surface area contributed by atoms with Gasteiger partial charge in [-0.05, 0) is 49.6 Å². The Kier molecular flexibility index (Phi) is 7.80. The van der Waals surface area contributed by atoms with Gasteiger partial charge < -0.3 is 19.7 Å². The molecule has 152 valence electrons. The topological polar surface area (TPSA) is 75.1 Å². The molecule has 1 aromatic carbocycles. The maximum absolute atomic E-state index is 10.6. The Morgan fingerprint density at radius 1 is 1.14 bits per heavy atom. The second kappa shape index (κ2) is 10.5. The number of rotatable bonds is 3. The summed E-state index contributed by atoms with van der Waals surface area (Å²) in [6, 6.07) is 13.8. The zero-order valence-electron chi connectivity index (χ0n) is 16.4. The molecular formula is C22H30N2O4. The molecule has 0 aliphatic carbocycles. The zero-order valence-corrected chi connectivity index (χ0v) is 16.4. The van der Waals surface area contributed by atoms with E-state index in [2.05, 4.69) is 16.0 Å². The molecule has 0 spiro atoms. The van der Waals surface area contributed by atoms with E-state index in [1.165, 1.54) is 0 Å². The van der Waals surface area contributed by atoms with Crippen LogP contribution in [0.1, 0.15) is 24.1 Å². The normalized spacial score (nSPS) is 24.9. The van der Waals surface area contributed by atoms with Crippen molar-refractivity contribution in [2.75, 3.05) is 26.8 Å². The highest BCUT2D eigenvalue weighted by Gasteiger charge is 2.29. The van der Waals surface area contributed by atoms with E-state index >= 15 is 0 Å². The smallest absolute Gasteiger partial charge is 0.122 e. The lowest BCUT2D eigenvalue weighted by Gasteiger charge is -2.31. The van der Waals surface area contributed by atoms with Crippen LogP contribution < -0.4 is 4.74 Å². The molecule has 2 N–H and O–H groups in total. The second-order valence-electron chi connectivity index (χ2n) is 7.26. The number of ether oxygens (including phenoxy) is 2. The predicted molar refractivity (Wildman–Crippen MR) is 107 cm³/mol. The largest absolute Gasteiger partial charge is 0.491 e. The molecule has 0 saturated carbocycles. The quantitative estimate of drug-likeness (QED) is 0.841. The van der Waals surface area contributed by atoms with Crippen molar-refractivity contribution in [2.24, 2.45) is 0 Å². The van der Waals surface area contributed by atoms with Gasteiger partial charge in [-0.2, -0.15) is 0 Å². The fourth-order valence-corrected chi connectivity index (χ4v) is 3.56. The number of para-hydroxylation sites is 1. The summed E-state index contributed by atoms with van der Waals surface area (Å²) in [7, 11) is 1.56. The Labute approximate surface area is 166 Å². The number of pyridine rings is 1. The summed E-state index contributed by atoms with van der Waals surface area (Å²) in [5.41, 5.74) is 2.10. The third kappa shape index (κ3) is 5.75. The van der Waals surface area contributed by atoms with Gasteiger partial charge in [0.2, 0.25) is 0 Å². The van der Waals surface area contributed by atoms with Gasteiger partial charge in [0.15, 0.2) is 0 Å². The van der Waals surface area contributed by atoms with Crippen molar-refractivity contribution in [3.05, 3.63) is 59.9 Å². The lowest BCUT2D eigenvalue weighted by molar-refractivity contribution is -0.0956. The molecule has 1 aliphatic heterocycles. The van der Waals surface area contributed by atoms with Gasteiger partial charge in [0.1, 0.15) is 24.6 Å². The fraction of sp³-hybridized carbons (Fsp3) is 0.500. The summed E-state index contributed by atoms with van der Waals surface area (Å²) in [6.07, 6.45) is 2.16. The first-order valence-electron chi connectivity index (χ1n) is 9.89. The molecule has 0 radical (unpaired) electrons. The predicted octanol–water partition coefficient (Wildman–Crippen LogP) is 2.04. The molecule has 28 heavy (non-hydrogen) atoms. The highest BCUT2D eigenvalue weighted by Crippen LogP contribution is 2.22. The van der Waals surface area contributed by atoms with Crippen molar-refractivity contribution < 1.29 is 19.7 Å². The number of aliphatic hydroxyl groups excluding tert-OH is 2. The first-order valence-corrected chi connectivity index (χ1v) is 9.89. The van der Waals surface area contributed by atoms with Crippen LogP contribution in [0.5, 0.6) is 5.75 Å². The van der Waals surface area contributed by atoms with Crippen molar-refractivity contribution in [1.82, 2.24) is 9.88 Å². The highest BCUT2D eigenvalue weighted by atomic mass is 16.5. The molecule has 0 bridgehead atoms. The number of fused-ring (bicyclic) bond motifs is 1. The average Bonchev–Trinajstić information content (AvgIpc) is 2.74. The van der Waals surface area contributed by atoms with E-state index in [4.69, 9.17) is 9.47 Å². The van der Waals surface area contributed by atoms with E-state index < -0.39 is 18.3 Å². The molecule has 1 aliphatic rings. The van der Waals surface area contributed by atoms with Gasteiger partial charge in [-0.25, -0.2) is 0 Å². The first-order chi connectivity index (χ1) is 13.7. The molecular weight excluding hydrogens is 356 g/mol.